The van der Waals surface area contributed by atoms with Gasteiger partial charge in [-0.3, -0.25) is 19.3 Å². The van der Waals surface area contributed by atoms with E-state index in [0.29, 0.717) is 5.56 Å². The van der Waals surface area contributed by atoms with Crippen LogP contribution in [0.2, 0.25) is 0 Å². The first kappa shape index (κ1) is 18.2. The van der Waals surface area contributed by atoms with Crippen LogP contribution in [-0.4, -0.2) is 34.8 Å². The second-order valence-corrected chi connectivity index (χ2v) is 7.24. The number of hydrogen-bond acceptors (Lipinski definition) is 4. The Hall–Kier alpha value is -2.60. The first-order valence-electron chi connectivity index (χ1n) is 8.29. The summed E-state index contributed by atoms with van der Waals surface area (Å²) in [5.41, 5.74) is 4.33. The number of nitrogens with zero attached hydrogens (tertiary/aromatic N) is 2. The van der Waals surface area contributed by atoms with Crippen LogP contribution in [0, 0.1) is 13.8 Å². The van der Waals surface area contributed by atoms with Crippen molar-refractivity contribution in [1.29, 1.82) is 0 Å². The number of carbonyl (C=O) groups excluding carboxylic acids is 3. The molecule has 0 bridgehead atoms. The monoisotopic (exact) mass is 368 g/mol. The van der Waals surface area contributed by atoms with E-state index in [1.54, 1.807) is 30.1 Å². The largest absolute Gasteiger partial charge is 0.311 e. The van der Waals surface area contributed by atoms with Crippen molar-refractivity contribution in [3.8, 4) is 0 Å². The van der Waals surface area contributed by atoms with E-state index in [1.165, 1.54) is 4.90 Å². The molecule has 0 spiro atoms. The van der Waals surface area contributed by atoms with Crippen LogP contribution in [0.1, 0.15) is 27.0 Å². The minimum absolute atomic E-state index is 0.131. The third-order valence-electron chi connectivity index (χ3n) is 4.60. The van der Waals surface area contributed by atoms with Gasteiger partial charge in [-0.25, -0.2) is 0 Å². The zero-order valence-electron chi connectivity index (χ0n) is 15.0. The number of aryl methyl sites for hydroxylation is 1. The van der Waals surface area contributed by atoms with Gasteiger partial charge in [-0.1, -0.05) is 36.0 Å². The number of hydrogen-bond donors (Lipinski definition) is 0. The maximum atomic E-state index is 12.9. The summed E-state index contributed by atoms with van der Waals surface area (Å²) in [7, 11) is 1.75. The fraction of sp³-hybridized carbons (Fsp3) is 0.250. The third-order valence-corrected chi connectivity index (χ3v) is 5.46. The van der Waals surface area contributed by atoms with Crippen LogP contribution in [0.25, 0.3) is 0 Å². The zero-order chi connectivity index (χ0) is 18.8. The van der Waals surface area contributed by atoms with Crippen LogP contribution in [-0.2, 0) is 11.3 Å². The van der Waals surface area contributed by atoms with Gasteiger partial charge in [0, 0.05) is 18.3 Å². The molecule has 1 heterocycles. The summed E-state index contributed by atoms with van der Waals surface area (Å²) < 4.78 is 0. The third kappa shape index (κ3) is 3.51. The lowest BCUT2D eigenvalue weighted by Crippen LogP contribution is -2.29. The first-order valence-corrected chi connectivity index (χ1v) is 9.27. The highest BCUT2D eigenvalue weighted by atomic mass is 32.2. The lowest BCUT2D eigenvalue weighted by atomic mass is 10.1. The molecule has 1 saturated heterocycles. The summed E-state index contributed by atoms with van der Waals surface area (Å²) in [5.74, 6) is -0.134. The number of thioether (sulfide) groups is 1. The number of benzene rings is 2. The second kappa shape index (κ2) is 7.33. The Morgan fingerprint density at radius 3 is 2.58 bits per heavy atom. The molecule has 0 radical (unpaired) electrons. The van der Waals surface area contributed by atoms with Crippen molar-refractivity contribution in [1.82, 2.24) is 4.90 Å². The normalized spacial score (nSPS) is 14.0. The predicted octanol–water partition coefficient (Wildman–Crippen LogP) is 3.78. The lowest BCUT2D eigenvalue weighted by molar-refractivity contribution is -0.125. The Labute approximate surface area is 157 Å². The molecule has 1 aliphatic rings. The molecule has 6 heteroatoms. The van der Waals surface area contributed by atoms with Gasteiger partial charge in [0.2, 0.25) is 5.91 Å². The van der Waals surface area contributed by atoms with E-state index >= 15 is 0 Å². The number of imide groups is 1. The van der Waals surface area contributed by atoms with Crippen molar-refractivity contribution in [2.45, 2.75) is 20.4 Å². The zero-order valence-corrected chi connectivity index (χ0v) is 15.8. The van der Waals surface area contributed by atoms with E-state index < -0.39 is 0 Å². The lowest BCUT2D eigenvalue weighted by Gasteiger charge is -2.21. The van der Waals surface area contributed by atoms with Crippen molar-refractivity contribution < 1.29 is 14.4 Å². The van der Waals surface area contributed by atoms with Gasteiger partial charge in [0.15, 0.2) is 0 Å². The van der Waals surface area contributed by atoms with Gasteiger partial charge >= 0.3 is 0 Å². The highest BCUT2D eigenvalue weighted by molar-refractivity contribution is 8.14. The SMILES string of the molecule is Cc1cccc(N(C)C(=O)c2cccc(CN3C(=O)CSC3=O)c2)c1C. The molecular weight excluding hydrogens is 348 g/mol. The minimum Gasteiger partial charge on any atom is -0.311 e. The molecule has 0 aliphatic carbocycles. The van der Waals surface area contributed by atoms with Gasteiger partial charge in [-0.2, -0.15) is 0 Å². The second-order valence-electron chi connectivity index (χ2n) is 6.32. The molecule has 0 unspecified atom stereocenters. The average molecular weight is 368 g/mol. The summed E-state index contributed by atoms with van der Waals surface area (Å²) in [5, 5.41) is -0.237. The van der Waals surface area contributed by atoms with Crippen molar-refractivity contribution in [3.05, 3.63) is 64.7 Å². The molecule has 134 valence electrons. The van der Waals surface area contributed by atoms with Crippen LogP contribution in [0.5, 0.6) is 0 Å². The van der Waals surface area contributed by atoms with E-state index in [2.05, 4.69) is 0 Å². The van der Waals surface area contributed by atoms with Crippen molar-refractivity contribution in [3.63, 3.8) is 0 Å². The van der Waals surface area contributed by atoms with Crippen LogP contribution in [0.4, 0.5) is 10.5 Å². The molecule has 1 fully saturated rings. The maximum absolute atomic E-state index is 12.9. The summed E-state index contributed by atoms with van der Waals surface area (Å²) in [6.07, 6.45) is 0. The molecule has 0 aromatic heterocycles. The molecule has 26 heavy (non-hydrogen) atoms. The fourth-order valence-corrected chi connectivity index (χ4v) is 3.65. The average Bonchev–Trinajstić information content (AvgIpc) is 2.95. The van der Waals surface area contributed by atoms with E-state index in [-0.39, 0.29) is 29.4 Å². The van der Waals surface area contributed by atoms with Gasteiger partial charge in [0.1, 0.15) is 0 Å². The van der Waals surface area contributed by atoms with Crippen LogP contribution < -0.4 is 4.90 Å². The molecular formula is C20H20N2O3S. The standard InChI is InChI=1S/C20H20N2O3S/c1-13-6-4-9-17(14(13)2)21(3)19(24)16-8-5-7-15(10-16)11-22-18(23)12-26-20(22)25/h4-10H,11-12H2,1-3H3. The maximum Gasteiger partial charge on any atom is 0.289 e. The van der Waals surface area contributed by atoms with Gasteiger partial charge in [0.05, 0.1) is 12.3 Å². The number of anilines is 1. The Morgan fingerprint density at radius 2 is 1.88 bits per heavy atom. The summed E-state index contributed by atoms with van der Waals surface area (Å²) in [6.45, 7) is 4.20. The van der Waals surface area contributed by atoms with E-state index in [4.69, 9.17) is 0 Å². The minimum atomic E-state index is -0.237. The molecule has 0 N–H and O–H groups in total. The molecule has 2 aromatic rings. The van der Waals surface area contributed by atoms with Crippen LogP contribution in [0.3, 0.4) is 0 Å². The van der Waals surface area contributed by atoms with Crippen molar-refractivity contribution >= 4 is 34.5 Å². The quantitative estimate of drug-likeness (QED) is 0.824. The summed E-state index contributed by atoms with van der Waals surface area (Å²) in [4.78, 5) is 39.3. The Kier molecular flexibility index (Phi) is 5.13. The topological polar surface area (TPSA) is 57.7 Å². The number of carbonyl (C=O) groups is 3. The first-order chi connectivity index (χ1) is 12.4. The molecule has 0 saturated carbocycles. The Morgan fingerprint density at radius 1 is 1.15 bits per heavy atom. The molecule has 5 nitrogen and oxygen atoms in total. The van der Waals surface area contributed by atoms with E-state index in [9.17, 15) is 14.4 Å². The fourth-order valence-electron chi connectivity index (χ4n) is 2.92. The highest BCUT2D eigenvalue weighted by Gasteiger charge is 2.29. The van der Waals surface area contributed by atoms with E-state index in [0.717, 1.165) is 34.1 Å². The summed E-state index contributed by atoms with van der Waals surface area (Å²) >= 11 is 1.01. The van der Waals surface area contributed by atoms with Gasteiger partial charge < -0.3 is 4.90 Å². The molecule has 1 aliphatic heterocycles. The van der Waals surface area contributed by atoms with E-state index in [1.807, 2.05) is 38.1 Å². The van der Waals surface area contributed by atoms with Crippen molar-refractivity contribution in [2.24, 2.45) is 0 Å². The van der Waals surface area contributed by atoms with Crippen molar-refractivity contribution in [2.75, 3.05) is 17.7 Å². The molecule has 2 aromatic carbocycles. The predicted molar refractivity (Wildman–Crippen MR) is 103 cm³/mol. The van der Waals surface area contributed by atoms with Gasteiger partial charge in [-0.15, -0.1) is 0 Å². The summed E-state index contributed by atoms with van der Waals surface area (Å²) in [6, 6.07) is 12.9. The Balaban J connectivity index is 1.83. The molecule has 3 amide bonds. The van der Waals surface area contributed by atoms with Gasteiger partial charge in [0.25, 0.3) is 11.1 Å². The van der Waals surface area contributed by atoms with Crippen LogP contribution >= 0.6 is 11.8 Å². The number of rotatable bonds is 4. The van der Waals surface area contributed by atoms with Crippen LogP contribution in [0.15, 0.2) is 42.5 Å². The highest BCUT2D eigenvalue weighted by Crippen LogP contribution is 2.24. The number of amides is 3. The smallest absolute Gasteiger partial charge is 0.289 e. The molecule has 3 rings (SSSR count). The Bertz CT molecular complexity index is 878. The van der Waals surface area contributed by atoms with Gasteiger partial charge in [-0.05, 0) is 48.7 Å². The molecule has 0 atom stereocenters.